The Labute approximate surface area is 97.3 Å². The van der Waals surface area contributed by atoms with Crippen molar-refractivity contribution in [1.82, 2.24) is 0 Å². The molecule has 1 atom stereocenters. The van der Waals surface area contributed by atoms with E-state index in [0.29, 0.717) is 19.5 Å². The number of carbonyl (C=O) groups is 1. The minimum atomic E-state index is -1.19. The number of aliphatic hydroxyl groups excluding tert-OH is 1. The van der Waals surface area contributed by atoms with Crippen molar-refractivity contribution in [2.75, 3.05) is 23.7 Å². The predicted molar refractivity (Wildman–Crippen MR) is 60.6 cm³/mol. The minimum Gasteiger partial charge on any atom is -0.478 e. The summed E-state index contributed by atoms with van der Waals surface area (Å²) in [7, 11) is 0. The number of hydrogen-bond acceptors (Lipinski definition) is 4. The fourth-order valence-electron chi connectivity index (χ4n) is 1.97. The van der Waals surface area contributed by atoms with Crippen molar-refractivity contribution in [2.24, 2.45) is 0 Å². The second kappa shape index (κ2) is 4.21. The van der Waals surface area contributed by atoms with Crippen LogP contribution in [0.1, 0.15) is 16.8 Å². The second-order valence-electron chi connectivity index (χ2n) is 4.08. The van der Waals surface area contributed by atoms with E-state index in [2.05, 4.69) is 0 Å². The number of benzene rings is 1. The van der Waals surface area contributed by atoms with Gasteiger partial charge in [-0.3, -0.25) is 0 Å². The molecule has 0 bridgehead atoms. The van der Waals surface area contributed by atoms with E-state index in [1.54, 1.807) is 4.90 Å². The van der Waals surface area contributed by atoms with E-state index in [-0.39, 0.29) is 16.9 Å². The number of nitrogens with zero attached hydrogens (tertiary/aromatic N) is 1. The molecule has 4 N–H and O–H groups in total. The zero-order valence-corrected chi connectivity index (χ0v) is 9.06. The summed E-state index contributed by atoms with van der Waals surface area (Å²) >= 11 is 0. The third-order valence-corrected chi connectivity index (χ3v) is 2.85. The maximum Gasteiger partial charge on any atom is 0.337 e. The molecular weight excluding hydrogens is 227 g/mol. The number of hydrogen-bond donors (Lipinski definition) is 3. The zero-order chi connectivity index (χ0) is 12.6. The first-order valence-corrected chi connectivity index (χ1v) is 5.24. The molecule has 1 aliphatic rings. The molecule has 6 heteroatoms. The minimum absolute atomic E-state index is 0.0986. The molecule has 0 aromatic heterocycles. The van der Waals surface area contributed by atoms with Crippen molar-refractivity contribution in [2.45, 2.75) is 12.5 Å². The molecule has 1 aliphatic heterocycles. The van der Waals surface area contributed by atoms with Gasteiger partial charge >= 0.3 is 5.97 Å². The molecule has 2 rings (SSSR count). The number of β-amino-alcohol motifs (C(OH)–C–C–N with tert-alkyl or cyclic N) is 1. The van der Waals surface area contributed by atoms with Crippen LogP contribution in [0.2, 0.25) is 0 Å². The maximum absolute atomic E-state index is 13.7. The van der Waals surface area contributed by atoms with Crippen LogP contribution in [0.15, 0.2) is 12.1 Å². The SMILES string of the molecule is Nc1cc(F)c(N2CCC(O)C2)cc1C(=O)O. The van der Waals surface area contributed by atoms with E-state index in [1.165, 1.54) is 6.07 Å². The first kappa shape index (κ1) is 11.7. The monoisotopic (exact) mass is 240 g/mol. The number of nitrogens with two attached hydrogens (primary N) is 1. The summed E-state index contributed by atoms with van der Waals surface area (Å²) in [4.78, 5) is 12.5. The Morgan fingerprint density at radius 2 is 2.24 bits per heavy atom. The number of aromatic carboxylic acids is 1. The normalized spacial score (nSPS) is 19.6. The Morgan fingerprint density at radius 1 is 1.53 bits per heavy atom. The predicted octanol–water partition coefficient (Wildman–Crippen LogP) is 0.677. The average molecular weight is 240 g/mol. The molecule has 1 aromatic carbocycles. The Morgan fingerprint density at radius 3 is 2.76 bits per heavy atom. The largest absolute Gasteiger partial charge is 0.478 e. The summed E-state index contributed by atoms with van der Waals surface area (Å²) < 4.78 is 13.7. The molecule has 1 heterocycles. The van der Waals surface area contributed by atoms with E-state index in [9.17, 15) is 14.3 Å². The van der Waals surface area contributed by atoms with E-state index >= 15 is 0 Å². The standard InChI is InChI=1S/C11H13FN2O3/c12-8-4-9(13)7(11(16)17)3-10(8)14-2-1-6(15)5-14/h3-4,6,15H,1-2,5,13H2,(H,16,17). The average Bonchev–Trinajstić information content (AvgIpc) is 2.64. The van der Waals surface area contributed by atoms with Gasteiger partial charge in [0.05, 0.1) is 17.4 Å². The van der Waals surface area contributed by atoms with Gasteiger partial charge in [0.25, 0.3) is 0 Å². The highest BCUT2D eigenvalue weighted by Gasteiger charge is 2.24. The van der Waals surface area contributed by atoms with Crippen LogP contribution in [0.5, 0.6) is 0 Å². The van der Waals surface area contributed by atoms with Gasteiger partial charge in [-0.2, -0.15) is 0 Å². The van der Waals surface area contributed by atoms with Crippen LogP contribution in [0.4, 0.5) is 15.8 Å². The highest BCUT2D eigenvalue weighted by atomic mass is 19.1. The quantitative estimate of drug-likeness (QED) is 0.662. The lowest BCUT2D eigenvalue weighted by atomic mass is 10.1. The van der Waals surface area contributed by atoms with Crippen molar-refractivity contribution >= 4 is 17.3 Å². The van der Waals surface area contributed by atoms with Crippen LogP contribution >= 0.6 is 0 Å². The highest BCUT2D eigenvalue weighted by Crippen LogP contribution is 2.28. The molecular formula is C11H13FN2O3. The van der Waals surface area contributed by atoms with Crippen LogP contribution in [0, 0.1) is 5.82 Å². The number of nitrogen functional groups attached to an aromatic ring is 1. The topological polar surface area (TPSA) is 86.8 Å². The fraction of sp³-hybridized carbons (Fsp3) is 0.364. The maximum atomic E-state index is 13.7. The van der Waals surface area contributed by atoms with Gasteiger partial charge < -0.3 is 20.8 Å². The van der Waals surface area contributed by atoms with Gasteiger partial charge in [-0.25, -0.2) is 9.18 Å². The summed E-state index contributed by atoms with van der Waals surface area (Å²) in [6.45, 7) is 0.807. The molecule has 1 aromatic rings. The van der Waals surface area contributed by atoms with Crippen LogP contribution in [-0.4, -0.2) is 35.4 Å². The second-order valence-corrected chi connectivity index (χ2v) is 4.08. The lowest BCUT2D eigenvalue weighted by Crippen LogP contribution is -2.23. The number of halogens is 1. The van der Waals surface area contributed by atoms with Gasteiger partial charge in [0.2, 0.25) is 0 Å². The summed E-state index contributed by atoms with van der Waals surface area (Å²) in [6, 6.07) is 2.22. The van der Waals surface area contributed by atoms with Crippen molar-refractivity contribution in [3.8, 4) is 0 Å². The van der Waals surface area contributed by atoms with E-state index in [1.807, 2.05) is 0 Å². The molecule has 0 aliphatic carbocycles. The Bertz CT molecular complexity index is 464. The van der Waals surface area contributed by atoms with Crippen molar-refractivity contribution in [3.63, 3.8) is 0 Å². The molecule has 1 saturated heterocycles. The number of rotatable bonds is 2. The molecule has 0 radical (unpaired) electrons. The van der Waals surface area contributed by atoms with Gasteiger partial charge in [0.15, 0.2) is 0 Å². The highest BCUT2D eigenvalue weighted by molar-refractivity contribution is 5.95. The molecule has 5 nitrogen and oxygen atoms in total. The molecule has 0 amide bonds. The summed E-state index contributed by atoms with van der Waals surface area (Å²) in [5.41, 5.74) is 5.38. The Hall–Kier alpha value is -1.82. The molecule has 0 saturated carbocycles. The third kappa shape index (κ3) is 2.16. The Balaban J connectivity index is 2.40. The molecule has 1 fully saturated rings. The smallest absolute Gasteiger partial charge is 0.337 e. The summed E-state index contributed by atoms with van der Waals surface area (Å²) in [5, 5.41) is 18.3. The molecule has 1 unspecified atom stereocenters. The van der Waals surface area contributed by atoms with Crippen molar-refractivity contribution in [1.29, 1.82) is 0 Å². The number of anilines is 2. The third-order valence-electron chi connectivity index (χ3n) is 2.85. The van der Waals surface area contributed by atoms with Crippen molar-refractivity contribution in [3.05, 3.63) is 23.5 Å². The lowest BCUT2D eigenvalue weighted by Gasteiger charge is -2.19. The first-order valence-electron chi connectivity index (χ1n) is 5.24. The van der Waals surface area contributed by atoms with Gasteiger partial charge in [-0.15, -0.1) is 0 Å². The molecule has 0 spiro atoms. The van der Waals surface area contributed by atoms with Crippen molar-refractivity contribution < 1.29 is 19.4 Å². The zero-order valence-electron chi connectivity index (χ0n) is 9.06. The fourth-order valence-corrected chi connectivity index (χ4v) is 1.97. The summed E-state index contributed by atoms with van der Waals surface area (Å²) in [6.07, 6.45) is 0.0481. The lowest BCUT2D eigenvalue weighted by molar-refractivity contribution is 0.0698. The van der Waals surface area contributed by atoms with Crippen LogP contribution in [-0.2, 0) is 0 Å². The van der Waals surface area contributed by atoms with Gasteiger partial charge in [0, 0.05) is 18.8 Å². The molecule has 17 heavy (non-hydrogen) atoms. The van der Waals surface area contributed by atoms with Gasteiger partial charge in [0.1, 0.15) is 5.82 Å². The summed E-state index contributed by atoms with van der Waals surface area (Å²) in [5.74, 6) is -1.76. The Kier molecular flexibility index (Phi) is 2.89. The van der Waals surface area contributed by atoms with E-state index in [0.717, 1.165) is 6.07 Å². The molecule has 92 valence electrons. The van der Waals surface area contributed by atoms with Gasteiger partial charge in [-0.1, -0.05) is 0 Å². The number of aliphatic hydroxyl groups is 1. The first-order chi connectivity index (χ1) is 7.99. The number of carboxylic acid groups (broad SMARTS) is 1. The van der Waals surface area contributed by atoms with E-state index < -0.39 is 17.9 Å². The van der Waals surface area contributed by atoms with E-state index in [4.69, 9.17) is 10.8 Å². The van der Waals surface area contributed by atoms with Crippen LogP contribution < -0.4 is 10.6 Å². The van der Waals surface area contributed by atoms with Crippen LogP contribution in [0.3, 0.4) is 0 Å². The van der Waals surface area contributed by atoms with Gasteiger partial charge in [-0.05, 0) is 18.6 Å². The number of carboxylic acids is 1. The van der Waals surface area contributed by atoms with Crippen LogP contribution in [0.25, 0.3) is 0 Å².